The molecule has 3 N–H and O–H groups in total. The average molecular weight is 1290 g/mol. The van der Waals surface area contributed by atoms with Crippen molar-refractivity contribution in [2.75, 3.05) is 0 Å². The molecule has 0 amide bonds. The quantitative estimate of drug-likeness (QED) is 0.0947. The van der Waals surface area contributed by atoms with Crippen LogP contribution in [-0.2, 0) is 19.4 Å². The van der Waals surface area contributed by atoms with E-state index in [0.717, 1.165) is 94.5 Å². The molecule has 0 aliphatic carbocycles. The van der Waals surface area contributed by atoms with Crippen LogP contribution in [0.3, 0.4) is 0 Å². The van der Waals surface area contributed by atoms with Crippen LogP contribution in [-0.4, -0.2) is 49.4 Å². The first-order chi connectivity index (χ1) is 45.6. The molecule has 10 aromatic heterocycles. The van der Waals surface area contributed by atoms with Gasteiger partial charge >= 0.3 is 0 Å². The van der Waals surface area contributed by atoms with Crippen LogP contribution in [0, 0.1) is 27.7 Å². The van der Waals surface area contributed by atoms with Crippen molar-refractivity contribution in [3.05, 3.63) is 303 Å². The third kappa shape index (κ3) is 11.8. The lowest BCUT2D eigenvalue weighted by molar-refractivity contribution is 0.781. The zero-order chi connectivity index (χ0) is 64.5. The number of rotatable bonds is 13. The summed E-state index contributed by atoms with van der Waals surface area (Å²) < 4.78 is 2.03. The molecule has 0 saturated heterocycles. The number of benzene rings is 5. The SMILES string of the molecule is Cc1ccc(Cc2c[nH]c3nc(-c4cccc(-c5cnc6c(Cl)cc(-c7cc8cc(C)c(=O)[nH]c8nc7-c7ccccc7)cc6c5)c4)c(-c4cc(Cl)nc(Cc5cccc(-c6nc7[nH]c(Cn8ccc(C)c8)cc(=O)c7cc6-c6cc(C)nc(Cl)c6)c5)c4)cc3c2=O)cc1. The Morgan fingerprint density at radius 1 is 0.479 bits per heavy atom. The van der Waals surface area contributed by atoms with Gasteiger partial charge in [-0.3, -0.25) is 19.4 Å². The molecule has 15 rings (SSSR count). The molecule has 5 aromatic carbocycles. The van der Waals surface area contributed by atoms with E-state index in [1.807, 2.05) is 190 Å². The van der Waals surface area contributed by atoms with Gasteiger partial charge < -0.3 is 19.5 Å². The number of halogens is 3. The monoisotopic (exact) mass is 1280 g/mol. The fraction of sp³-hybridized carbons (Fsp3) is 0.0897. The zero-order valence-electron chi connectivity index (χ0n) is 51.2. The molecule has 0 radical (unpaired) electrons. The Morgan fingerprint density at radius 3 is 1.93 bits per heavy atom. The molecule has 456 valence electrons. The maximum atomic E-state index is 14.8. The summed E-state index contributed by atoms with van der Waals surface area (Å²) in [5, 5.41) is 3.51. The van der Waals surface area contributed by atoms with Crippen LogP contribution in [0.5, 0.6) is 0 Å². The Balaban J connectivity index is 0.829. The number of aryl methyl sites for hydroxylation is 4. The Hall–Kier alpha value is -11.0. The van der Waals surface area contributed by atoms with E-state index in [-0.39, 0.29) is 21.6 Å². The molecule has 10 heterocycles. The van der Waals surface area contributed by atoms with E-state index in [2.05, 4.69) is 44.2 Å². The van der Waals surface area contributed by atoms with Gasteiger partial charge in [0.15, 0.2) is 10.9 Å². The summed E-state index contributed by atoms with van der Waals surface area (Å²) in [4.78, 5) is 81.2. The highest BCUT2D eigenvalue weighted by Gasteiger charge is 2.22. The Labute approximate surface area is 553 Å². The summed E-state index contributed by atoms with van der Waals surface area (Å²) in [6.07, 6.45) is 8.39. The minimum atomic E-state index is -0.190. The largest absolute Gasteiger partial charge is 0.348 e. The number of fused-ring (bicyclic) bond motifs is 4. The van der Waals surface area contributed by atoms with Crippen molar-refractivity contribution >= 4 is 78.8 Å². The van der Waals surface area contributed by atoms with Gasteiger partial charge in [0.1, 0.15) is 27.2 Å². The number of H-pyrrole nitrogens is 3. The van der Waals surface area contributed by atoms with Crippen LogP contribution in [0.15, 0.2) is 221 Å². The maximum absolute atomic E-state index is 14.8. The van der Waals surface area contributed by atoms with E-state index in [4.69, 9.17) is 59.7 Å². The summed E-state index contributed by atoms with van der Waals surface area (Å²) in [6.45, 7) is 8.20. The van der Waals surface area contributed by atoms with E-state index in [0.29, 0.717) is 108 Å². The second-order valence-electron chi connectivity index (χ2n) is 24.1. The topological polar surface area (TPSA) is 181 Å². The highest BCUT2D eigenvalue weighted by atomic mass is 35.5. The lowest BCUT2D eigenvalue weighted by atomic mass is 9.94. The zero-order valence-corrected chi connectivity index (χ0v) is 53.5. The number of hydrogen-bond donors (Lipinski definition) is 3. The number of nitrogens with zero attached hydrogens (tertiary/aromatic N) is 7. The summed E-state index contributed by atoms with van der Waals surface area (Å²) in [5.74, 6) is 0. The van der Waals surface area contributed by atoms with Crippen molar-refractivity contribution in [3.63, 3.8) is 0 Å². The standard InChI is InChI=1S/C78H55Cl3N10O3/c1-42-16-18-46(19-17-42)24-58-39-83-76-65(74(58)93)37-63(72(88-76)51-15-9-13-49(27-51)57-29-55-28-53(32-66(79)73(55)82-38-57)61-31-56-22-44(3)78(94)90-75(56)87-70(61)48-11-6-5-7-12-48)54-30-59(85-69(81)34-54)26-47-10-8-14-50(25-47)71-62(52-23-45(4)84-68(80)33-52)36-64-67(92)35-60(86-77(64)89-71)41-91-21-20-43(2)40-91/h5-23,25,27-40H,24,26,41H2,1-4H3,(H,83,88,93)(H,86,89,92)(H,87,90,94). The molecule has 94 heavy (non-hydrogen) atoms. The van der Waals surface area contributed by atoms with Crippen molar-refractivity contribution in [3.8, 4) is 78.3 Å². The second-order valence-corrected chi connectivity index (χ2v) is 25.2. The summed E-state index contributed by atoms with van der Waals surface area (Å²) in [5.41, 5.74) is 19.6. The van der Waals surface area contributed by atoms with Gasteiger partial charge in [-0.15, -0.1) is 0 Å². The molecule has 0 spiro atoms. The second kappa shape index (κ2) is 24.3. The molecular weight excluding hydrogens is 1230 g/mol. The lowest BCUT2D eigenvalue weighted by Gasteiger charge is -2.15. The van der Waals surface area contributed by atoms with Crippen molar-refractivity contribution in [2.45, 2.75) is 47.1 Å². The van der Waals surface area contributed by atoms with E-state index in [9.17, 15) is 14.4 Å². The number of aromatic nitrogens is 10. The minimum Gasteiger partial charge on any atom is -0.348 e. The average Bonchev–Trinajstić information content (AvgIpc) is 0.950. The molecule has 0 fully saturated rings. The van der Waals surface area contributed by atoms with Gasteiger partial charge in [0.05, 0.1) is 44.9 Å². The van der Waals surface area contributed by atoms with Gasteiger partial charge in [-0.05, 0) is 152 Å². The molecule has 0 unspecified atom stereocenters. The first-order valence-corrected chi connectivity index (χ1v) is 31.7. The summed E-state index contributed by atoms with van der Waals surface area (Å²) >= 11 is 20.9. The Kier molecular flexibility index (Phi) is 15.3. The number of hydrogen-bond acceptors (Lipinski definition) is 9. The molecular formula is C78H55Cl3N10O3. The molecule has 0 saturated carbocycles. The van der Waals surface area contributed by atoms with E-state index in [1.165, 1.54) is 0 Å². The van der Waals surface area contributed by atoms with Crippen LogP contribution < -0.4 is 16.4 Å². The van der Waals surface area contributed by atoms with Crippen LogP contribution in [0.25, 0.3) is 122 Å². The summed E-state index contributed by atoms with van der Waals surface area (Å²) in [6, 6.07) is 59.2. The first-order valence-electron chi connectivity index (χ1n) is 30.6. The molecule has 0 aliphatic rings. The van der Waals surface area contributed by atoms with E-state index in [1.54, 1.807) is 25.3 Å². The molecule has 15 aromatic rings. The van der Waals surface area contributed by atoms with Crippen LogP contribution in [0.2, 0.25) is 15.3 Å². The predicted molar refractivity (Wildman–Crippen MR) is 379 cm³/mol. The molecule has 0 aliphatic heterocycles. The first kappa shape index (κ1) is 59.4. The third-order valence-corrected chi connectivity index (χ3v) is 17.8. The Morgan fingerprint density at radius 2 is 1.15 bits per heavy atom. The fourth-order valence-electron chi connectivity index (χ4n) is 12.6. The number of pyridine rings is 9. The van der Waals surface area contributed by atoms with Gasteiger partial charge in [0.2, 0.25) is 0 Å². The lowest BCUT2D eigenvalue weighted by Crippen LogP contribution is -2.12. The van der Waals surface area contributed by atoms with Crippen LogP contribution in [0.1, 0.15) is 50.5 Å². The Bertz CT molecular complexity index is 5760. The number of aromatic amines is 3. The maximum Gasteiger partial charge on any atom is 0.252 e. The van der Waals surface area contributed by atoms with Crippen molar-refractivity contribution in [1.82, 2.24) is 49.4 Å². The van der Waals surface area contributed by atoms with Gasteiger partial charge in [-0.1, -0.05) is 131 Å². The highest BCUT2D eigenvalue weighted by Crippen LogP contribution is 2.41. The van der Waals surface area contributed by atoms with E-state index < -0.39 is 0 Å². The predicted octanol–water partition coefficient (Wildman–Crippen LogP) is 17.6. The molecule has 0 bridgehead atoms. The highest BCUT2D eigenvalue weighted by molar-refractivity contribution is 6.35. The van der Waals surface area contributed by atoms with Crippen molar-refractivity contribution < 1.29 is 0 Å². The molecule has 16 heteroatoms. The van der Waals surface area contributed by atoms with Crippen LogP contribution >= 0.6 is 34.8 Å². The third-order valence-electron chi connectivity index (χ3n) is 17.1. The minimum absolute atomic E-state index is 0.136. The normalized spacial score (nSPS) is 11.6. The van der Waals surface area contributed by atoms with Gasteiger partial charge in [-0.2, -0.15) is 0 Å². The fourth-order valence-corrected chi connectivity index (χ4v) is 13.3. The smallest absolute Gasteiger partial charge is 0.252 e. The van der Waals surface area contributed by atoms with E-state index >= 15 is 0 Å². The van der Waals surface area contributed by atoms with Gasteiger partial charge in [-0.25, -0.2) is 24.9 Å². The molecule has 0 atom stereocenters. The van der Waals surface area contributed by atoms with Gasteiger partial charge in [0.25, 0.3) is 5.56 Å². The molecule has 13 nitrogen and oxygen atoms in total. The van der Waals surface area contributed by atoms with Gasteiger partial charge in [0, 0.05) is 122 Å². The number of nitrogens with one attached hydrogen (secondary N) is 3. The van der Waals surface area contributed by atoms with Crippen molar-refractivity contribution in [1.29, 1.82) is 0 Å². The summed E-state index contributed by atoms with van der Waals surface area (Å²) in [7, 11) is 0. The van der Waals surface area contributed by atoms with Crippen molar-refractivity contribution in [2.24, 2.45) is 0 Å². The van der Waals surface area contributed by atoms with Crippen LogP contribution in [0.4, 0.5) is 0 Å².